The first kappa shape index (κ1) is 20.5. The molecule has 0 radical (unpaired) electrons. The molecule has 0 aliphatic carbocycles. The van der Waals surface area contributed by atoms with Crippen LogP contribution in [0.1, 0.15) is 18.9 Å². The maximum Gasteiger partial charge on any atom is 0.269 e. The van der Waals surface area contributed by atoms with Crippen LogP contribution in [-0.4, -0.2) is 26.1 Å². The molecule has 8 nitrogen and oxygen atoms in total. The Morgan fingerprint density at radius 1 is 1.28 bits per heavy atom. The summed E-state index contributed by atoms with van der Waals surface area (Å²) in [4.78, 5) is 40.1. The molecule has 0 fully saturated rings. The summed E-state index contributed by atoms with van der Waals surface area (Å²) in [7, 11) is 0. The molecule has 1 N–H and O–H groups in total. The highest BCUT2D eigenvalue weighted by molar-refractivity contribution is 7.99. The van der Waals surface area contributed by atoms with E-state index in [9.17, 15) is 19.7 Å². The molecular weight excluding hydrogens is 392 g/mol. The smallest absolute Gasteiger partial charge is 0.269 e. The van der Waals surface area contributed by atoms with Gasteiger partial charge in [-0.3, -0.25) is 24.3 Å². The monoisotopic (exact) mass is 412 g/mol. The average molecular weight is 412 g/mol. The van der Waals surface area contributed by atoms with Crippen molar-refractivity contribution < 1.29 is 9.72 Å². The molecule has 0 atom stereocenters. The van der Waals surface area contributed by atoms with E-state index >= 15 is 0 Å². The molecule has 2 aromatic carbocycles. The Bertz CT molecular complexity index is 1140. The highest BCUT2D eigenvalue weighted by Crippen LogP contribution is 2.22. The molecule has 0 aliphatic heterocycles. The Kier molecular flexibility index (Phi) is 6.28. The number of carbonyl (C=O) groups is 1. The van der Waals surface area contributed by atoms with Crippen molar-refractivity contribution >= 4 is 39.9 Å². The minimum atomic E-state index is -0.479. The van der Waals surface area contributed by atoms with Gasteiger partial charge in [0.15, 0.2) is 5.16 Å². The summed E-state index contributed by atoms with van der Waals surface area (Å²) >= 11 is 1.19. The summed E-state index contributed by atoms with van der Waals surface area (Å²) in [5.41, 5.74) is 1.56. The van der Waals surface area contributed by atoms with Gasteiger partial charge in [-0.25, -0.2) is 4.98 Å². The SMILES string of the molecule is CCCn1c(SCC(=O)Nc2ccc([N+](=O)[O-])cc2C)nc2ccccc2c1=O. The number of anilines is 1. The van der Waals surface area contributed by atoms with Gasteiger partial charge in [-0.1, -0.05) is 30.8 Å². The normalized spacial score (nSPS) is 10.8. The number of rotatable bonds is 7. The number of thioether (sulfide) groups is 1. The van der Waals surface area contributed by atoms with Crippen LogP contribution in [0.25, 0.3) is 10.9 Å². The van der Waals surface area contributed by atoms with Crippen LogP contribution in [0.3, 0.4) is 0 Å². The molecule has 0 spiro atoms. The molecular formula is C20H20N4O4S. The van der Waals surface area contributed by atoms with Crippen LogP contribution in [-0.2, 0) is 11.3 Å². The number of aryl methyl sites for hydroxylation is 1. The van der Waals surface area contributed by atoms with E-state index in [1.807, 2.05) is 13.0 Å². The Labute approximate surface area is 171 Å². The second-order valence-electron chi connectivity index (χ2n) is 6.46. The molecule has 1 aromatic heterocycles. The van der Waals surface area contributed by atoms with Crippen molar-refractivity contribution in [3.05, 3.63) is 68.5 Å². The maximum atomic E-state index is 12.8. The first-order chi connectivity index (χ1) is 13.9. The summed E-state index contributed by atoms with van der Waals surface area (Å²) in [6.07, 6.45) is 0.766. The van der Waals surface area contributed by atoms with Crippen LogP contribution in [0, 0.1) is 17.0 Å². The van der Waals surface area contributed by atoms with Crippen LogP contribution in [0.2, 0.25) is 0 Å². The van der Waals surface area contributed by atoms with Crippen molar-refractivity contribution in [3.8, 4) is 0 Å². The van der Waals surface area contributed by atoms with Crippen molar-refractivity contribution in [3.63, 3.8) is 0 Å². The van der Waals surface area contributed by atoms with Crippen molar-refractivity contribution in [2.24, 2.45) is 0 Å². The van der Waals surface area contributed by atoms with E-state index in [4.69, 9.17) is 0 Å². The zero-order valence-electron chi connectivity index (χ0n) is 16.0. The predicted molar refractivity (Wildman–Crippen MR) is 113 cm³/mol. The van der Waals surface area contributed by atoms with E-state index in [0.717, 1.165) is 6.42 Å². The number of hydrogen-bond donors (Lipinski definition) is 1. The lowest BCUT2D eigenvalue weighted by molar-refractivity contribution is -0.384. The van der Waals surface area contributed by atoms with Gasteiger partial charge in [-0.15, -0.1) is 0 Å². The van der Waals surface area contributed by atoms with E-state index in [-0.39, 0.29) is 22.9 Å². The van der Waals surface area contributed by atoms with Gasteiger partial charge < -0.3 is 5.32 Å². The number of non-ortho nitro benzene ring substituents is 1. The number of nitro benzene ring substituents is 1. The van der Waals surface area contributed by atoms with E-state index in [1.165, 1.54) is 30.0 Å². The molecule has 150 valence electrons. The van der Waals surface area contributed by atoms with Crippen molar-refractivity contribution in [1.29, 1.82) is 0 Å². The number of nitro groups is 1. The van der Waals surface area contributed by atoms with Gasteiger partial charge in [0.1, 0.15) is 0 Å². The lowest BCUT2D eigenvalue weighted by atomic mass is 10.2. The lowest BCUT2D eigenvalue weighted by Gasteiger charge is -2.12. The van der Waals surface area contributed by atoms with Gasteiger partial charge >= 0.3 is 0 Å². The van der Waals surface area contributed by atoms with Crippen LogP contribution >= 0.6 is 11.8 Å². The molecule has 3 rings (SSSR count). The van der Waals surface area contributed by atoms with Crippen molar-refractivity contribution in [2.45, 2.75) is 32.0 Å². The molecule has 9 heteroatoms. The first-order valence-corrected chi connectivity index (χ1v) is 10.1. The molecule has 1 heterocycles. The summed E-state index contributed by atoms with van der Waals surface area (Å²) < 4.78 is 1.59. The lowest BCUT2D eigenvalue weighted by Crippen LogP contribution is -2.24. The number of hydrogen-bond acceptors (Lipinski definition) is 6. The summed E-state index contributed by atoms with van der Waals surface area (Å²) in [6.45, 7) is 4.18. The molecule has 0 saturated heterocycles. The molecule has 3 aromatic rings. The minimum absolute atomic E-state index is 0.0289. The van der Waals surface area contributed by atoms with Gasteiger partial charge in [-0.05, 0) is 37.1 Å². The van der Waals surface area contributed by atoms with Gasteiger partial charge in [0.05, 0.1) is 21.6 Å². The highest BCUT2D eigenvalue weighted by Gasteiger charge is 2.14. The fourth-order valence-corrected chi connectivity index (χ4v) is 3.72. The largest absolute Gasteiger partial charge is 0.325 e. The first-order valence-electron chi connectivity index (χ1n) is 9.08. The van der Waals surface area contributed by atoms with E-state index in [0.29, 0.717) is 33.9 Å². The van der Waals surface area contributed by atoms with Crippen LogP contribution in [0.4, 0.5) is 11.4 Å². The minimum Gasteiger partial charge on any atom is -0.325 e. The third kappa shape index (κ3) is 4.62. The zero-order valence-corrected chi connectivity index (χ0v) is 16.9. The number of aromatic nitrogens is 2. The van der Waals surface area contributed by atoms with E-state index < -0.39 is 4.92 Å². The van der Waals surface area contributed by atoms with Crippen molar-refractivity contribution in [1.82, 2.24) is 9.55 Å². The molecule has 0 aliphatic rings. The Hall–Kier alpha value is -3.20. The third-order valence-electron chi connectivity index (χ3n) is 4.30. The topological polar surface area (TPSA) is 107 Å². The number of nitrogens with one attached hydrogen (secondary N) is 1. The highest BCUT2D eigenvalue weighted by atomic mass is 32.2. The van der Waals surface area contributed by atoms with Crippen LogP contribution in [0.15, 0.2) is 52.4 Å². The van der Waals surface area contributed by atoms with Crippen molar-refractivity contribution in [2.75, 3.05) is 11.1 Å². The number of benzene rings is 2. The summed E-state index contributed by atoms with van der Waals surface area (Å²) in [5.74, 6) is -0.220. The van der Waals surface area contributed by atoms with E-state index in [2.05, 4.69) is 10.3 Å². The number of amides is 1. The van der Waals surface area contributed by atoms with E-state index in [1.54, 1.807) is 29.7 Å². The second kappa shape index (κ2) is 8.87. The Morgan fingerprint density at radius 2 is 2.03 bits per heavy atom. The maximum absolute atomic E-state index is 12.8. The number of carbonyl (C=O) groups excluding carboxylic acids is 1. The molecule has 0 bridgehead atoms. The summed E-state index contributed by atoms with van der Waals surface area (Å²) in [6, 6.07) is 11.4. The molecule has 0 saturated carbocycles. The van der Waals surface area contributed by atoms with Crippen LogP contribution in [0.5, 0.6) is 0 Å². The van der Waals surface area contributed by atoms with Gasteiger partial charge in [0, 0.05) is 24.4 Å². The Balaban J connectivity index is 1.78. The number of para-hydroxylation sites is 1. The number of nitrogens with zero attached hydrogens (tertiary/aromatic N) is 3. The Morgan fingerprint density at radius 3 is 2.72 bits per heavy atom. The van der Waals surface area contributed by atoms with Gasteiger partial charge in [0.25, 0.3) is 11.2 Å². The molecule has 29 heavy (non-hydrogen) atoms. The third-order valence-corrected chi connectivity index (χ3v) is 5.28. The molecule has 1 amide bonds. The predicted octanol–water partition coefficient (Wildman–Crippen LogP) is 3.75. The molecule has 0 unspecified atom stereocenters. The fourth-order valence-electron chi connectivity index (χ4n) is 2.90. The number of fused-ring (bicyclic) bond motifs is 1. The second-order valence-corrected chi connectivity index (χ2v) is 7.40. The quantitative estimate of drug-likeness (QED) is 0.274. The fraction of sp³-hybridized carbons (Fsp3) is 0.250. The average Bonchev–Trinajstić information content (AvgIpc) is 2.70. The van der Waals surface area contributed by atoms with Crippen LogP contribution < -0.4 is 10.9 Å². The van der Waals surface area contributed by atoms with Gasteiger partial charge in [0.2, 0.25) is 5.91 Å². The summed E-state index contributed by atoms with van der Waals surface area (Å²) in [5, 5.41) is 14.6. The van der Waals surface area contributed by atoms with Gasteiger partial charge in [-0.2, -0.15) is 0 Å². The zero-order chi connectivity index (χ0) is 21.0. The standard InChI is InChI=1S/C20H20N4O4S/c1-3-10-23-19(26)15-6-4-5-7-17(15)22-20(23)29-12-18(25)21-16-9-8-14(24(27)28)11-13(16)2/h4-9,11H,3,10,12H2,1-2H3,(H,21,25).